The number of carboxylic acid groups (broad SMARTS) is 1. The molecule has 1 unspecified atom stereocenters. The van der Waals surface area contributed by atoms with Crippen LogP contribution in [0.5, 0.6) is 0 Å². The number of aromatic amines is 1. The summed E-state index contributed by atoms with van der Waals surface area (Å²) < 4.78 is 6.05. The fourth-order valence-corrected chi connectivity index (χ4v) is 4.39. The Morgan fingerprint density at radius 2 is 1.93 bits per heavy atom. The van der Waals surface area contributed by atoms with Gasteiger partial charge in [0.25, 0.3) is 0 Å². The van der Waals surface area contributed by atoms with Gasteiger partial charge in [-0.1, -0.05) is 6.07 Å². The normalized spacial score (nSPS) is 15.2. The number of hydrogen-bond donors (Lipinski definition) is 2. The van der Waals surface area contributed by atoms with E-state index in [1.807, 2.05) is 52.9 Å². The van der Waals surface area contributed by atoms with Gasteiger partial charge in [-0.25, -0.2) is 9.78 Å². The second-order valence-electron chi connectivity index (χ2n) is 9.14. The second-order valence-corrected chi connectivity index (χ2v) is 9.14. The minimum Gasteiger partial charge on any atom is -0.479 e. The highest BCUT2D eigenvalue weighted by atomic mass is 16.5. The second kappa shape index (κ2) is 7.51. The van der Waals surface area contributed by atoms with Gasteiger partial charge in [0.2, 0.25) is 0 Å². The molecule has 3 aromatic rings. The Morgan fingerprint density at radius 1 is 1.20 bits per heavy atom. The van der Waals surface area contributed by atoms with Crippen LogP contribution in [0.2, 0.25) is 0 Å². The van der Waals surface area contributed by atoms with E-state index in [4.69, 9.17) is 9.72 Å². The SMILES string of the molecule is Cc1ccc(-c2c(C(OC(C)(C)C)C(=O)O)c(C)nc3[nH]c4c(c23)CCCC4)cn1. The van der Waals surface area contributed by atoms with Crippen LogP contribution in [0.3, 0.4) is 0 Å². The van der Waals surface area contributed by atoms with Gasteiger partial charge in [-0.3, -0.25) is 4.98 Å². The molecule has 6 nitrogen and oxygen atoms in total. The fraction of sp³-hybridized carbons (Fsp3) is 0.458. The van der Waals surface area contributed by atoms with Gasteiger partial charge >= 0.3 is 5.97 Å². The number of carboxylic acids is 1. The maximum atomic E-state index is 12.4. The molecule has 3 aromatic heterocycles. The molecule has 0 aliphatic heterocycles. The monoisotopic (exact) mass is 407 g/mol. The first-order chi connectivity index (χ1) is 14.2. The van der Waals surface area contributed by atoms with Gasteiger partial charge < -0.3 is 14.8 Å². The molecule has 0 aromatic carbocycles. The summed E-state index contributed by atoms with van der Waals surface area (Å²) in [5.41, 5.74) is 6.62. The van der Waals surface area contributed by atoms with Crippen molar-refractivity contribution in [1.29, 1.82) is 0 Å². The lowest BCUT2D eigenvalue weighted by atomic mass is 9.88. The molecule has 0 bridgehead atoms. The molecule has 1 atom stereocenters. The van der Waals surface area contributed by atoms with Crippen LogP contribution >= 0.6 is 0 Å². The van der Waals surface area contributed by atoms with Crippen molar-refractivity contribution in [2.75, 3.05) is 0 Å². The summed E-state index contributed by atoms with van der Waals surface area (Å²) in [6.45, 7) is 9.42. The Hall–Kier alpha value is -2.73. The van der Waals surface area contributed by atoms with E-state index in [0.29, 0.717) is 11.3 Å². The molecule has 0 saturated heterocycles. The number of fused-ring (bicyclic) bond motifs is 3. The van der Waals surface area contributed by atoms with Crippen LogP contribution in [0.25, 0.3) is 22.2 Å². The third-order valence-electron chi connectivity index (χ3n) is 5.62. The van der Waals surface area contributed by atoms with Gasteiger partial charge in [-0.15, -0.1) is 0 Å². The van der Waals surface area contributed by atoms with E-state index in [0.717, 1.165) is 53.5 Å². The van der Waals surface area contributed by atoms with E-state index in [9.17, 15) is 9.90 Å². The Bertz CT molecular complexity index is 1110. The molecule has 0 fully saturated rings. The third-order valence-corrected chi connectivity index (χ3v) is 5.62. The van der Waals surface area contributed by atoms with Gasteiger partial charge in [0.05, 0.1) is 5.60 Å². The Balaban J connectivity index is 2.08. The first-order valence-corrected chi connectivity index (χ1v) is 10.5. The fourth-order valence-electron chi connectivity index (χ4n) is 4.39. The lowest BCUT2D eigenvalue weighted by Gasteiger charge is -2.28. The van der Waals surface area contributed by atoms with Crippen molar-refractivity contribution in [1.82, 2.24) is 15.0 Å². The maximum Gasteiger partial charge on any atom is 0.337 e. The lowest BCUT2D eigenvalue weighted by Crippen LogP contribution is -2.28. The van der Waals surface area contributed by atoms with E-state index < -0.39 is 17.7 Å². The minimum absolute atomic E-state index is 0.614. The van der Waals surface area contributed by atoms with E-state index in [1.165, 1.54) is 11.3 Å². The van der Waals surface area contributed by atoms with Crippen molar-refractivity contribution in [2.24, 2.45) is 0 Å². The van der Waals surface area contributed by atoms with Gasteiger partial charge in [0.1, 0.15) is 5.65 Å². The van der Waals surface area contributed by atoms with Crippen LogP contribution in [-0.2, 0) is 22.4 Å². The van der Waals surface area contributed by atoms with Crippen molar-refractivity contribution >= 4 is 17.0 Å². The molecule has 6 heteroatoms. The van der Waals surface area contributed by atoms with Crippen molar-refractivity contribution in [3.05, 3.63) is 46.5 Å². The number of H-pyrrole nitrogens is 1. The summed E-state index contributed by atoms with van der Waals surface area (Å²) in [4.78, 5) is 25.1. The zero-order valence-electron chi connectivity index (χ0n) is 18.3. The van der Waals surface area contributed by atoms with Gasteiger partial charge in [-0.2, -0.15) is 0 Å². The van der Waals surface area contributed by atoms with Crippen molar-refractivity contribution < 1.29 is 14.6 Å². The summed E-state index contributed by atoms with van der Waals surface area (Å²) in [6, 6.07) is 3.97. The summed E-state index contributed by atoms with van der Waals surface area (Å²) in [5, 5.41) is 11.1. The predicted molar refractivity (Wildman–Crippen MR) is 117 cm³/mol. The van der Waals surface area contributed by atoms with E-state index in [2.05, 4.69) is 9.97 Å². The van der Waals surface area contributed by atoms with Crippen LogP contribution in [0.1, 0.15) is 67.9 Å². The number of hydrogen-bond acceptors (Lipinski definition) is 4. The molecule has 0 saturated carbocycles. The lowest BCUT2D eigenvalue weighted by molar-refractivity contribution is -0.160. The number of carbonyl (C=O) groups is 1. The number of aryl methyl sites for hydroxylation is 4. The minimum atomic E-state index is -1.12. The summed E-state index contributed by atoms with van der Waals surface area (Å²) in [7, 11) is 0. The molecular formula is C24H29N3O3. The van der Waals surface area contributed by atoms with Crippen molar-refractivity contribution in [3.63, 3.8) is 0 Å². The number of nitrogens with zero attached hydrogens (tertiary/aromatic N) is 2. The molecule has 0 spiro atoms. The van der Waals surface area contributed by atoms with Crippen LogP contribution in [0.15, 0.2) is 18.3 Å². The summed E-state index contributed by atoms with van der Waals surface area (Å²) in [5.74, 6) is -1.01. The molecule has 0 radical (unpaired) electrons. The van der Waals surface area contributed by atoms with Gasteiger partial charge in [0, 0.05) is 45.4 Å². The molecule has 1 aliphatic carbocycles. The number of ether oxygens (including phenoxy) is 1. The Kier molecular flexibility index (Phi) is 5.14. The van der Waals surface area contributed by atoms with Gasteiger partial charge in [0.15, 0.2) is 6.10 Å². The number of aromatic nitrogens is 3. The van der Waals surface area contributed by atoms with Crippen LogP contribution in [-0.4, -0.2) is 31.6 Å². The van der Waals surface area contributed by atoms with Crippen LogP contribution in [0, 0.1) is 13.8 Å². The molecule has 3 heterocycles. The topological polar surface area (TPSA) is 88.1 Å². The van der Waals surface area contributed by atoms with Crippen molar-refractivity contribution in [2.45, 2.75) is 72.0 Å². The molecular weight excluding hydrogens is 378 g/mol. The summed E-state index contributed by atoms with van der Waals surface area (Å²) >= 11 is 0. The van der Waals surface area contributed by atoms with Gasteiger partial charge in [-0.05, 0) is 71.9 Å². The average Bonchev–Trinajstić information content (AvgIpc) is 3.03. The number of nitrogens with one attached hydrogen (secondary N) is 1. The van der Waals surface area contributed by atoms with E-state index in [1.54, 1.807) is 0 Å². The molecule has 158 valence electrons. The maximum absolute atomic E-state index is 12.4. The number of aliphatic carboxylic acids is 1. The highest BCUT2D eigenvalue weighted by Crippen LogP contribution is 2.42. The molecule has 30 heavy (non-hydrogen) atoms. The van der Waals surface area contributed by atoms with Crippen LogP contribution in [0.4, 0.5) is 0 Å². The number of rotatable bonds is 4. The Morgan fingerprint density at radius 3 is 2.57 bits per heavy atom. The van der Waals surface area contributed by atoms with Crippen molar-refractivity contribution in [3.8, 4) is 11.1 Å². The van der Waals surface area contributed by atoms with E-state index in [-0.39, 0.29) is 0 Å². The zero-order valence-corrected chi connectivity index (χ0v) is 18.3. The summed E-state index contributed by atoms with van der Waals surface area (Å²) in [6.07, 6.45) is 4.93. The first-order valence-electron chi connectivity index (χ1n) is 10.5. The molecule has 2 N–H and O–H groups in total. The highest BCUT2D eigenvalue weighted by molar-refractivity contribution is 6.00. The van der Waals surface area contributed by atoms with Crippen LogP contribution < -0.4 is 0 Å². The quantitative estimate of drug-likeness (QED) is 0.631. The number of pyridine rings is 2. The molecule has 1 aliphatic rings. The third kappa shape index (κ3) is 3.72. The predicted octanol–water partition coefficient (Wildman–Crippen LogP) is 5.06. The average molecular weight is 408 g/mol. The highest BCUT2D eigenvalue weighted by Gasteiger charge is 2.33. The zero-order chi connectivity index (χ0) is 21.6. The first kappa shape index (κ1) is 20.5. The Labute approximate surface area is 176 Å². The smallest absolute Gasteiger partial charge is 0.337 e. The van der Waals surface area contributed by atoms with E-state index >= 15 is 0 Å². The largest absolute Gasteiger partial charge is 0.479 e. The molecule has 0 amide bonds. The standard InChI is InChI=1S/C24H29N3O3/c1-13-10-11-15(12-25-13)19-18(21(23(28)29)30-24(3,4)5)14(2)26-22-20(19)16-8-6-7-9-17(16)27-22/h10-12,21H,6-9H2,1-5H3,(H,26,27)(H,28,29). The molecule has 4 rings (SSSR count).